The minimum Gasteiger partial charge on any atom is -0.373 e. The molecule has 3 aromatic rings. The van der Waals surface area contributed by atoms with Crippen molar-refractivity contribution in [3.63, 3.8) is 0 Å². The average Bonchev–Trinajstić information content (AvgIpc) is 2.81. The Morgan fingerprint density at radius 3 is 2.39 bits per heavy atom. The summed E-state index contributed by atoms with van der Waals surface area (Å²) in [6, 6.07) is 14.3. The van der Waals surface area contributed by atoms with Crippen molar-refractivity contribution in [3.8, 4) is 11.3 Å². The minimum absolute atomic E-state index is 0.726. The van der Waals surface area contributed by atoms with Crippen LogP contribution in [0, 0.1) is 13.8 Å². The lowest BCUT2D eigenvalue weighted by Crippen LogP contribution is -2.43. The number of allylic oxidation sites excluding steroid dienone is 1. The van der Waals surface area contributed by atoms with Crippen LogP contribution < -0.4 is 0 Å². The standard InChI is InChI=1S/C19H16ClN.C10H20N2/c1-4-14-6-8-16-17(20)11-18(21-19(16)10-14)15-7-5-12(2)13(3)9-15;1-4-5-10(2)12-8-6-11(3)7-9-12/h4-11H,1H2,2-3H3;2,4-9H2,1,3H3. The Morgan fingerprint density at radius 1 is 1.03 bits per heavy atom. The van der Waals surface area contributed by atoms with Gasteiger partial charge < -0.3 is 9.80 Å². The quantitative estimate of drug-likeness (QED) is 0.395. The van der Waals surface area contributed by atoms with Gasteiger partial charge in [0, 0.05) is 42.8 Å². The summed E-state index contributed by atoms with van der Waals surface area (Å²) in [5.74, 6) is 0. The summed E-state index contributed by atoms with van der Waals surface area (Å²) in [7, 11) is 2.18. The Bertz CT molecular complexity index is 1130. The van der Waals surface area contributed by atoms with Crippen molar-refractivity contribution >= 4 is 28.6 Å². The summed E-state index contributed by atoms with van der Waals surface area (Å²) in [5.41, 5.74) is 7.79. The lowest BCUT2D eigenvalue weighted by molar-refractivity contribution is 0.183. The number of halogens is 1. The van der Waals surface area contributed by atoms with Crippen LogP contribution in [-0.2, 0) is 0 Å². The largest absolute Gasteiger partial charge is 0.373 e. The van der Waals surface area contributed by atoms with Crippen molar-refractivity contribution < 1.29 is 0 Å². The van der Waals surface area contributed by atoms with Crippen LogP contribution in [0.15, 0.2) is 61.3 Å². The molecule has 1 saturated heterocycles. The molecule has 0 unspecified atom stereocenters. The van der Waals surface area contributed by atoms with Gasteiger partial charge in [-0.05, 0) is 62.2 Å². The lowest BCUT2D eigenvalue weighted by atomic mass is 10.0. The van der Waals surface area contributed by atoms with Crippen LogP contribution in [0.5, 0.6) is 0 Å². The summed E-state index contributed by atoms with van der Waals surface area (Å²) in [4.78, 5) is 9.54. The summed E-state index contributed by atoms with van der Waals surface area (Å²) < 4.78 is 0. The molecule has 2 heterocycles. The van der Waals surface area contributed by atoms with E-state index in [0.717, 1.165) is 52.3 Å². The summed E-state index contributed by atoms with van der Waals surface area (Å²) in [5, 5.41) is 1.69. The number of benzene rings is 2. The number of rotatable bonds is 5. The molecule has 174 valence electrons. The van der Waals surface area contributed by atoms with Gasteiger partial charge in [-0.15, -0.1) is 0 Å². The average molecular weight is 462 g/mol. The fourth-order valence-corrected chi connectivity index (χ4v) is 4.21. The Kier molecular flexibility index (Phi) is 8.71. The van der Waals surface area contributed by atoms with E-state index in [9.17, 15) is 0 Å². The summed E-state index contributed by atoms with van der Waals surface area (Å²) in [6.45, 7) is 19.0. The molecule has 0 aliphatic carbocycles. The molecule has 1 aliphatic rings. The maximum Gasteiger partial charge on any atom is 0.0730 e. The first-order valence-corrected chi connectivity index (χ1v) is 12.1. The summed E-state index contributed by atoms with van der Waals surface area (Å²) >= 11 is 6.41. The molecule has 0 atom stereocenters. The van der Waals surface area contributed by atoms with E-state index in [2.05, 4.69) is 69.0 Å². The van der Waals surface area contributed by atoms with Crippen LogP contribution in [0.25, 0.3) is 28.2 Å². The van der Waals surface area contributed by atoms with Crippen LogP contribution in [0.2, 0.25) is 5.02 Å². The predicted molar refractivity (Wildman–Crippen MR) is 145 cm³/mol. The third kappa shape index (κ3) is 6.46. The molecule has 4 heteroatoms. The van der Waals surface area contributed by atoms with Crippen LogP contribution >= 0.6 is 11.6 Å². The van der Waals surface area contributed by atoms with Crippen LogP contribution in [-0.4, -0.2) is 48.0 Å². The number of hydrogen-bond acceptors (Lipinski definition) is 3. The number of hydrogen-bond donors (Lipinski definition) is 0. The van der Waals surface area contributed by atoms with Gasteiger partial charge in [-0.3, -0.25) is 0 Å². The maximum absolute atomic E-state index is 6.41. The molecule has 4 rings (SSSR count). The van der Waals surface area contributed by atoms with Gasteiger partial charge in [0.2, 0.25) is 0 Å². The van der Waals surface area contributed by atoms with Gasteiger partial charge in [0.05, 0.1) is 16.2 Å². The normalized spacial score (nSPS) is 14.0. The van der Waals surface area contributed by atoms with Crippen LogP contribution in [0.4, 0.5) is 0 Å². The van der Waals surface area contributed by atoms with Gasteiger partial charge in [-0.1, -0.05) is 68.4 Å². The molecule has 2 aromatic carbocycles. The Hall–Kier alpha value is -2.62. The van der Waals surface area contributed by atoms with Crippen molar-refractivity contribution in [1.29, 1.82) is 0 Å². The molecule has 0 amide bonds. The topological polar surface area (TPSA) is 19.4 Å². The maximum atomic E-state index is 6.41. The number of pyridine rings is 1. The highest BCUT2D eigenvalue weighted by Gasteiger charge is 2.14. The van der Waals surface area contributed by atoms with Gasteiger partial charge in [0.25, 0.3) is 0 Å². The minimum atomic E-state index is 0.726. The highest BCUT2D eigenvalue weighted by molar-refractivity contribution is 6.35. The fourth-order valence-electron chi connectivity index (χ4n) is 3.95. The Morgan fingerprint density at radius 2 is 1.76 bits per heavy atom. The Balaban J connectivity index is 0.000000218. The number of fused-ring (bicyclic) bond motifs is 1. The predicted octanol–water partition coefficient (Wildman–Crippen LogP) is 7.36. The third-order valence-electron chi connectivity index (χ3n) is 6.31. The van der Waals surface area contributed by atoms with Crippen molar-refractivity contribution in [2.45, 2.75) is 33.6 Å². The van der Waals surface area contributed by atoms with E-state index in [1.807, 2.05) is 30.3 Å². The zero-order valence-corrected chi connectivity index (χ0v) is 21.3. The van der Waals surface area contributed by atoms with E-state index in [1.54, 1.807) is 0 Å². The highest BCUT2D eigenvalue weighted by atomic mass is 35.5. The molecule has 1 aromatic heterocycles. The first kappa shape index (κ1) is 25.0. The number of aryl methyl sites for hydroxylation is 2. The first-order chi connectivity index (χ1) is 15.8. The van der Waals surface area contributed by atoms with Crippen molar-refractivity contribution in [1.82, 2.24) is 14.8 Å². The van der Waals surface area contributed by atoms with Crippen molar-refractivity contribution in [3.05, 3.63) is 83.0 Å². The lowest BCUT2D eigenvalue weighted by Gasteiger charge is -2.35. The molecular formula is C29H36ClN3. The molecule has 0 N–H and O–H groups in total. The molecule has 0 spiro atoms. The number of nitrogens with zero attached hydrogens (tertiary/aromatic N) is 3. The van der Waals surface area contributed by atoms with Gasteiger partial charge in [-0.25, -0.2) is 4.98 Å². The SMILES string of the molecule is C=C(CCC)N1CCN(C)CC1.C=Cc1ccc2c(Cl)cc(-c3ccc(C)c(C)c3)nc2c1. The van der Waals surface area contributed by atoms with E-state index >= 15 is 0 Å². The van der Waals surface area contributed by atoms with Crippen LogP contribution in [0.1, 0.15) is 36.5 Å². The number of piperazine rings is 1. The van der Waals surface area contributed by atoms with E-state index in [-0.39, 0.29) is 0 Å². The van der Waals surface area contributed by atoms with Gasteiger partial charge in [0.1, 0.15) is 0 Å². The zero-order chi connectivity index (χ0) is 24.0. The van der Waals surface area contributed by atoms with E-state index < -0.39 is 0 Å². The molecular weight excluding hydrogens is 426 g/mol. The van der Waals surface area contributed by atoms with Crippen LogP contribution in [0.3, 0.4) is 0 Å². The second kappa shape index (κ2) is 11.5. The van der Waals surface area contributed by atoms with E-state index in [0.29, 0.717) is 0 Å². The van der Waals surface area contributed by atoms with Gasteiger partial charge in [-0.2, -0.15) is 0 Å². The third-order valence-corrected chi connectivity index (χ3v) is 6.62. The number of likely N-dealkylation sites (N-methyl/N-ethyl adjacent to an activating group) is 1. The molecule has 0 radical (unpaired) electrons. The molecule has 3 nitrogen and oxygen atoms in total. The molecule has 1 fully saturated rings. The highest BCUT2D eigenvalue weighted by Crippen LogP contribution is 2.29. The van der Waals surface area contributed by atoms with E-state index in [4.69, 9.17) is 16.6 Å². The molecule has 0 saturated carbocycles. The fraction of sp³-hybridized carbons (Fsp3) is 0.345. The number of aromatic nitrogens is 1. The molecule has 1 aliphatic heterocycles. The van der Waals surface area contributed by atoms with E-state index in [1.165, 1.54) is 36.3 Å². The summed E-state index contributed by atoms with van der Waals surface area (Å²) in [6.07, 6.45) is 4.19. The molecule has 0 bridgehead atoms. The second-order valence-corrected chi connectivity index (χ2v) is 9.28. The van der Waals surface area contributed by atoms with Crippen molar-refractivity contribution in [2.24, 2.45) is 0 Å². The monoisotopic (exact) mass is 461 g/mol. The van der Waals surface area contributed by atoms with Gasteiger partial charge in [0.15, 0.2) is 0 Å². The molecule has 33 heavy (non-hydrogen) atoms. The zero-order valence-electron chi connectivity index (χ0n) is 20.5. The van der Waals surface area contributed by atoms with Gasteiger partial charge >= 0.3 is 0 Å². The second-order valence-electron chi connectivity index (χ2n) is 8.88. The smallest absolute Gasteiger partial charge is 0.0730 e. The first-order valence-electron chi connectivity index (χ1n) is 11.7. The Labute approximate surface area is 204 Å². The van der Waals surface area contributed by atoms with Crippen molar-refractivity contribution in [2.75, 3.05) is 33.2 Å².